The molecule has 0 amide bonds. The van der Waals surface area contributed by atoms with Gasteiger partial charge in [-0.1, -0.05) is 35.9 Å². The molecule has 2 aromatic rings. The van der Waals surface area contributed by atoms with Gasteiger partial charge in [0.1, 0.15) is 0 Å². The lowest BCUT2D eigenvalue weighted by Gasteiger charge is -2.20. The Labute approximate surface area is 114 Å². The van der Waals surface area contributed by atoms with Crippen molar-refractivity contribution in [2.45, 2.75) is 20.8 Å². The van der Waals surface area contributed by atoms with Gasteiger partial charge < -0.3 is 4.52 Å². The molecule has 0 saturated heterocycles. The molecule has 2 aromatic carbocycles. The molecule has 1 unspecified atom stereocenters. The average molecular weight is 274 g/mol. The average Bonchev–Trinajstić information content (AvgIpc) is 2.42. The van der Waals surface area contributed by atoms with E-state index in [0.29, 0.717) is 6.61 Å². The van der Waals surface area contributed by atoms with Crippen molar-refractivity contribution >= 4 is 18.0 Å². The van der Waals surface area contributed by atoms with Gasteiger partial charge in [-0.05, 0) is 44.5 Å². The van der Waals surface area contributed by atoms with Gasteiger partial charge in [0.15, 0.2) is 0 Å². The van der Waals surface area contributed by atoms with Crippen molar-refractivity contribution in [1.29, 1.82) is 0 Å². The van der Waals surface area contributed by atoms with E-state index < -0.39 is 7.37 Å². The second-order valence-electron chi connectivity index (χ2n) is 4.59. The van der Waals surface area contributed by atoms with Crippen molar-refractivity contribution in [3.8, 4) is 0 Å². The maximum Gasteiger partial charge on any atom is 0.261 e. The van der Waals surface area contributed by atoms with Gasteiger partial charge >= 0.3 is 0 Å². The maximum absolute atomic E-state index is 13.4. The van der Waals surface area contributed by atoms with Crippen LogP contribution in [-0.2, 0) is 9.09 Å². The molecule has 0 aliphatic rings. The summed E-state index contributed by atoms with van der Waals surface area (Å²) in [6, 6.07) is 15.5. The lowest BCUT2D eigenvalue weighted by atomic mass is 10.2. The SMILES string of the molecule is CCOP(=O)(c1ccccc1)c1cc(C)ccc1C. The van der Waals surface area contributed by atoms with E-state index in [4.69, 9.17) is 4.52 Å². The number of hydrogen-bond acceptors (Lipinski definition) is 2. The summed E-state index contributed by atoms with van der Waals surface area (Å²) in [5.41, 5.74) is 2.10. The standard InChI is InChI=1S/C16H19O2P/c1-4-18-19(17,15-8-6-5-7-9-15)16-12-13(2)10-11-14(16)3/h5-12H,4H2,1-3H3. The monoisotopic (exact) mass is 274 g/mol. The first-order valence-corrected chi connectivity index (χ1v) is 8.08. The largest absolute Gasteiger partial charge is 0.322 e. The van der Waals surface area contributed by atoms with E-state index in [-0.39, 0.29) is 0 Å². The van der Waals surface area contributed by atoms with Gasteiger partial charge in [0.05, 0.1) is 6.61 Å². The van der Waals surface area contributed by atoms with E-state index in [1.54, 1.807) is 0 Å². The van der Waals surface area contributed by atoms with Crippen LogP contribution in [0.4, 0.5) is 0 Å². The zero-order chi connectivity index (χ0) is 13.9. The first-order chi connectivity index (χ1) is 9.08. The van der Waals surface area contributed by atoms with Crippen LogP contribution in [0.5, 0.6) is 0 Å². The normalized spacial score (nSPS) is 14.1. The molecule has 0 aromatic heterocycles. The van der Waals surface area contributed by atoms with Crippen LogP contribution in [0.2, 0.25) is 0 Å². The second kappa shape index (κ2) is 5.73. The van der Waals surface area contributed by atoms with Crippen molar-refractivity contribution < 1.29 is 9.09 Å². The molecular weight excluding hydrogens is 255 g/mol. The first kappa shape index (κ1) is 14.0. The Balaban J connectivity index is 2.63. The molecule has 0 N–H and O–H groups in total. The molecular formula is C16H19O2P. The van der Waals surface area contributed by atoms with Crippen LogP contribution >= 0.6 is 7.37 Å². The third kappa shape index (κ3) is 2.80. The maximum atomic E-state index is 13.4. The Morgan fingerprint density at radius 3 is 2.37 bits per heavy atom. The van der Waals surface area contributed by atoms with Crippen LogP contribution in [-0.4, -0.2) is 6.61 Å². The highest BCUT2D eigenvalue weighted by Crippen LogP contribution is 2.45. The summed E-state index contributed by atoms with van der Waals surface area (Å²) < 4.78 is 19.1. The molecule has 3 heteroatoms. The van der Waals surface area contributed by atoms with Crippen LogP contribution < -0.4 is 10.6 Å². The minimum absolute atomic E-state index is 0.430. The van der Waals surface area contributed by atoms with Crippen molar-refractivity contribution in [1.82, 2.24) is 0 Å². The van der Waals surface area contributed by atoms with Gasteiger partial charge in [-0.3, -0.25) is 4.57 Å². The molecule has 0 aliphatic carbocycles. The van der Waals surface area contributed by atoms with Gasteiger partial charge in [-0.15, -0.1) is 0 Å². The zero-order valence-corrected chi connectivity index (χ0v) is 12.5. The highest BCUT2D eigenvalue weighted by atomic mass is 31.2. The van der Waals surface area contributed by atoms with E-state index in [1.165, 1.54) is 0 Å². The van der Waals surface area contributed by atoms with Crippen molar-refractivity contribution in [3.63, 3.8) is 0 Å². The van der Waals surface area contributed by atoms with Crippen LogP contribution in [0.25, 0.3) is 0 Å². The number of rotatable bonds is 4. The lowest BCUT2D eigenvalue weighted by Crippen LogP contribution is -2.20. The Kier molecular flexibility index (Phi) is 4.24. The van der Waals surface area contributed by atoms with Gasteiger partial charge in [0.2, 0.25) is 0 Å². The molecule has 2 nitrogen and oxygen atoms in total. The summed E-state index contributed by atoms with van der Waals surface area (Å²) in [5, 5.41) is 1.56. The number of aryl methyl sites for hydroxylation is 2. The first-order valence-electron chi connectivity index (χ1n) is 6.46. The summed E-state index contributed by atoms with van der Waals surface area (Å²) in [6.45, 7) is 6.29. The molecule has 0 spiro atoms. The third-order valence-electron chi connectivity index (χ3n) is 3.09. The fourth-order valence-electron chi connectivity index (χ4n) is 2.13. The fourth-order valence-corrected chi connectivity index (χ4v) is 4.53. The predicted octanol–water partition coefficient (Wildman–Crippen LogP) is 3.57. The van der Waals surface area contributed by atoms with Crippen LogP contribution in [0.1, 0.15) is 18.1 Å². The molecule has 0 fully saturated rings. The summed E-state index contributed by atoms with van der Waals surface area (Å²) >= 11 is 0. The number of hydrogen-bond donors (Lipinski definition) is 0. The minimum Gasteiger partial charge on any atom is -0.322 e. The smallest absolute Gasteiger partial charge is 0.261 e. The molecule has 0 saturated carbocycles. The Morgan fingerprint density at radius 1 is 1.05 bits per heavy atom. The van der Waals surface area contributed by atoms with E-state index in [0.717, 1.165) is 21.7 Å². The van der Waals surface area contributed by atoms with E-state index >= 15 is 0 Å². The van der Waals surface area contributed by atoms with Gasteiger partial charge in [-0.25, -0.2) is 0 Å². The topological polar surface area (TPSA) is 26.3 Å². The van der Waals surface area contributed by atoms with Gasteiger partial charge in [0, 0.05) is 10.6 Å². The molecule has 0 bridgehead atoms. The molecule has 2 rings (SSSR count). The lowest BCUT2D eigenvalue weighted by molar-refractivity contribution is 0.348. The van der Waals surface area contributed by atoms with E-state index in [9.17, 15) is 4.57 Å². The van der Waals surface area contributed by atoms with Crippen molar-refractivity contribution in [3.05, 3.63) is 59.7 Å². The van der Waals surface area contributed by atoms with Gasteiger partial charge in [-0.2, -0.15) is 0 Å². The molecule has 100 valence electrons. The predicted molar refractivity (Wildman–Crippen MR) is 80.9 cm³/mol. The second-order valence-corrected chi connectivity index (χ2v) is 6.95. The zero-order valence-electron chi connectivity index (χ0n) is 11.6. The van der Waals surface area contributed by atoms with Crippen LogP contribution in [0.15, 0.2) is 48.5 Å². The highest BCUT2D eigenvalue weighted by molar-refractivity contribution is 7.74. The molecule has 19 heavy (non-hydrogen) atoms. The quantitative estimate of drug-likeness (QED) is 0.797. The summed E-state index contributed by atoms with van der Waals surface area (Å²) in [6.07, 6.45) is 0. The summed E-state index contributed by atoms with van der Waals surface area (Å²) in [4.78, 5) is 0. The molecule has 1 atom stereocenters. The number of benzene rings is 2. The fraction of sp³-hybridized carbons (Fsp3) is 0.250. The van der Waals surface area contributed by atoms with Crippen molar-refractivity contribution in [2.24, 2.45) is 0 Å². The van der Waals surface area contributed by atoms with Crippen LogP contribution in [0.3, 0.4) is 0 Å². The van der Waals surface area contributed by atoms with E-state index in [2.05, 4.69) is 0 Å². The Bertz CT molecular complexity index is 605. The molecule has 0 radical (unpaired) electrons. The van der Waals surface area contributed by atoms with Gasteiger partial charge in [0.25, 0.3) is 7.37 Å². The summed E-state index contributed by atoms with van der Waals surface area (Å²) in [5.74, 6) is 0. The third-order valence-corrected chi connectivity index (χ3v) is 5.80. The summed E-state index contributed by atoms with van der Waals surface area (Å²) in [7, 11) is -2.99. The Morgan fingerprint density at radius 2 is 1.74 bits per heavy atom. The Hall–Kier alpha value is -1.37. The molecule has 0 heterocycles. The minimum atomic E-state index is -2.99. The van der Waals surface area contributed by atoms with Crippen LogP contribution in [0, 0.1) is 13.8 Å². The molecule has 0 aliphatic heterocycles. The van der Waals surface area contributed by atoms with Crippen molar-refractivity contribution in [2.75, 3.05) is 6.61 Å². The van der Waals surface area contributed by atoms with E-state index in [1.807, 2.05) is 69.3 Å². The highest BCUT2D eigenvalue weighted by Gasteiger charge is 2.29.